The van der Waals surface area contributed by atoms with Gasteiger partial charge in [-0.3, -0.25) is 0 Å². The van der Waals surface area contributed by atoms with Crippen LogP contribution in [-0.2, 0) is 0 Å². The van der Waals surface area contributed by atoms with E-state index in [-0.39, 0.29) is 0 Å². The Morgan fingerprint density at radius 3 is 3.31 bits per heavy atom. The van der Waals surface area contributed by atoms with Crippen molar-refractivity contribution in [2.45, 2.75) is 12.8 Å². The quantitative estimate of drug-likeness (QED) is 0.487. The summed E-state index contributed by atoms with van der Waals surface area (Å²) in [5.74, 6) is 1.20. The molecule has 0 bridgehead atoms. The number of hydrogen-bond donors (Lipinski definition) is 0. The van der Waals surface area contributed by atoms with E-state index in [4.69, 9.17) is 0 Å². The fourth-order valence-corrected chi connectivity index (χ4v) is 2.42. The fourth-order valence-electron chi connectivity index (χ4n) is 2.42. The van der Waals surface area contributed by atoms with Gasteiger partial charge in [-0.25, -0.2) is 0 Å². The van der Waals surface area contributed by atoms with E-state index in [1.165, 1.54) is 5.57 Å². The van der Waals surface area contributed by atoms with E-state index in [9.17, 15) is 0 Å². The minimum atomic E-state index is 0.559. The van der Waals surface area contributed by atoms with Gasteiger partial charge in [0.15, 0.2) is 0 Å². The van der Waals surface area contributed by atoms with Crippen molar-refractivity contribution in [3.8, 4) is 0 Å². The van der Waals surface area contributed by atoms with E-state index >= 15 is 0 Å². The van der Waals surface area contributed by atoms with Gasteiger partial charge in [-0.15, -0.1) is 0 Å². The molecule has 3 aliphatic carbocycles. The molecule has 0 saturated heterocycles. The van der Waals surface area contributed by atoms with Crippen molar-refractivity contribution in [1.82, 2.24) is 0 Å². The molecule has 3 aliphatic rings. The normalized spacial score (nSPS) is 35.1. The first-order valence-corrected chi connectivity index (χ1v) is 4.94. The minimum absolute atomic E-state index is 0.559. The van der Waals surface area contributed by atoms with E-state index in [0.717, 1.165) is 12.8 Å². The summed E-state index contributed by atoms with van der Waals surface area (Å²) in [4.78, 5) is 0. The predicted octanol–water partition coefficient (Wildman–Crippen LogP) is 3.09. The van der Waals surface area contributed by atoms with Gasteiger partial charge in [-0.05, 0) is 18.8 Å². The van der Waals surface area contributed by atoms with Crippen LogP contribution in [0, 0.1) is 18.3 Å². The summed E-state index contributed by atoms with van der Waals surface area (Å²) in [6, 6.07) is 0. The maximum atomic E-state index is 3.49. The molecule has 64 valence electrons. The van der Waals surface area contributed by atoms with Gasteiger partial charge in [-0.1, -0.05) is 47.6 Å². The minimum Gasteiger partial charge on any atom is -0.0841 e. The molecule has 0 amide bonds. The Kier molecular flexibility index (Phi) is 1.55. The molecule has 13 heavy (non-hydrogen) atoms. The number of allylic oxidation sites excluding steroid dienone is 8. The zero-order chi connectivity index (χ0) is 8.67. The van der Waals surface area contributed by atoms with Gasteiger partial charge in [0.2, 0.25) is 0 Å². The lowest BCUT2D eigenvalue weighted by atomic mass is 9.73. The summed E-state index contributed by atoms with van der Waals surface area (Å²) in [5, 5.41) is 0. The molecule has 0 aromatic heterocycles. The van der Waals surface area contributed by atoms with Crippen molar-refractivity contribution in [3.63, 3.8) is 0 Å². The third-order valence-electron chi connectivity index (χ3n) is 3.09. The molecule has 3 rings (SSSR count). The molecule has 1 saturated carbocycles. The SMILES string of the molecule is [C]1CC2C=CCC=C2C2C=CC=C12. The molecule has 0 nitrogen and oxygen atoms in total. The van der Waals surface area contributed by atoms with Crippen LogP contribution in [0.4, 0.5) is 0 Å². The fraction of sp³-hybridized carbons (Fsp3) is 0.308. The highest BCUT2D eigenvalue weighted by molar-refractivity contribution is 5.46. The second-order valence-electron chi connectivity index (χ2n) is 3.84. The standard InChI is InChI=1S/C13H12/c1-2-6-12-10(4-1)8-9-11-5-3-7-13(11)12/h1,3-7,10,13H,2,8H2. The molecule has 0 aromatic carbocycles. The zero-order valence-corrected chi connectivity index (χ0v) is 7.53. The molecule has 2 radical (unpaired) electrons. The molecule has 1 fully saturated rings. The van der Waals surface area contributed by atoms with Gasteiger partial charge in [0.1, 0.15) is 0 Å². The van der Waals surface area contributed by atoms with Crippen LogP contribution in [0.3, 0.4) is 0 Å². The first-order chi connectivity index (χ1) is 6.45. The molecule has 0 spiro atoms. The Morgan fingerprint density at radius 1 is 1.31 bits per heavy atom. The van der Waals surface area contributed by atoms with Crippen molar-refractivity contribution < 1.29 is 0 Å². The van der Waals surface area contributed by atoms with E-state index in [1.807, 2.05) is 0 Å². The van der Waals surface area contributed by atoms with Crippen LogP contribution in [0.2, 0.25) is 0 Å². The van der Waals surface area contributed by atoms with Crippen LogP contribution in [-0.4, -0.2) is 0 Å². The van der Waals surface area contributed by atoms with Crippen LogP contribution in [0.25, 0.3) is 0 Å². The van der Waals surface area contributed by atoms with Crippen LogP contribution in [0.1, 0.15) is 12.8 Å². The summed E-state index contributed by atoms with van der Waals surface area (Å²) in [5.41, 5.74) is 2.99. The van der Waals surface area contributed by atoms with Crippen LogP contribution >= 0.6 is 0 Å². The Balaban J connectivity index is 1.99. The zero-order valence-electron chi connectivity index (χ0n) is 7.53. The van der Waals surface area contributed by atoms with Crippen LogP contribution < -0.4 is 0 Å². The van der Waals surface area contributed by atoms with Crippen molar-refractivity contribution >= 4 is 0 Å². The summed E-state index contributed by atoms with van der Waals surface area (Å²) in [6.07, 6.45) is 19.3. The van der Waals surface area contributed by atoms with Crippen LogP contribution in [0.15, 0.2) is 47.6 Å². The monoisotopic (exact) mass is 168 g/mol. The number of fused-ring (bicyclic) bond motifs is 3. The van der Waals surface area contributed by atoms with Crippen molar-refractivity contribution in [2.75, 3.05) is 0 Å². The lowest BCUT2D eigenvalue weighted by Crippen LogP contribution is -2.19. The number of rotatable bonds is 0. The molecule has 0 heteroatoms. The van der Waals surface area contributed by atoms with E-state index in [1.54, 1.807) is 5.57 Å². The van der Waals surface area contributed by atoms with Gasteiger partial charge < -0.3 is 0 Å². The van der Waals surface area contributed by atoms with E-state index in [2.05, 4.69) is 42.9 Å². The maximum absolute atomic E-state index is 3.49. The van der Waals surface area contributed by atoms with E-state index < -0.39 is 0 Å². The van der Waals surface area contributed by atoms with Gasteiger partial charge in [-0.2, -0.15) is 0 Å². The first kappa shape index (κ1) is 7.37. The Hall–Kier alpha value is -1.04. The van der Waals surface area contributed by atoms with Crippen LogP contribution in [0.5, 0.6) is 0 Å². The summed E-state index contributed by atoms with van der Waals surface area (Å²) >= 11 is 0. The summed E-state index contributed by atoms with van der Waals surface area (Å²) in [6.45, 7) is 0. The lowest BCUT2D eigenvalue weighted by molar-refractivity contribution is 0.614. The van der Waals surface area contributed by atoms with Crippen molar-refractivity contribution in [2.24, 2.45) is 11.8 Å². The average Bonchev–Trinajstić information content (AvgIpc) is 2.65. The predicted molar refractivity (Wildman–Crippen MR) is 53.9 cm³/mol. The smallest absolute Gasteiger partial charge is 0.0205 e. The van der Waals surface area contributed by atoms with Gasteiger partial charge in [0.25, 0.3) is 0 Å². The van der Waals surface area contributed by atoms with Crippen molar-refractivity contribution in [3.05, 3.63) is 54.0 Å². The topological polar surface area (TPSA) is 0 Å². The molecular formula is C13H12. The molecule has 0 N–H and O–H groups in total. The molecule has 0 aromatic rings. The van der Waals surface area contributed by atoms with Crippen molar-refractivity contribution in [1.29, 1.82) is 0 Å². The Morgan fingerprint density at radius 2 is 2.31 bits per heavy atom. The average molecular weight is 168 g/mol. The number of hydrogen-bond acceptors (Lipinski definition) is 0. The molecule has 2 atom stereocenters. The largest absolute Gasteiger partial charge is 0.0841 e. The Bertz CT molecular complexity index is 339. The Labute approximate surface area is 79.3 Å². The summed E-state index contributed by atoms with van der Waals surface area (Å²) in [7, 11) is 0. The van der Waals surface area contributed by atoms with Gasteiger partial charge in [0.05, 0.1) is 0 Å². The third kappa shape index (κ3) is 1.05. The lowest BCUT2D eigenvalue weighted by Gasteiger charge is -2.31. The second-order valence-corrected chi connectivity index (χ2v) is 3.84. The first-order valence-electron chi connectivity index (χ1n) is 4.94. The van der Waals surface area contributed by atoms with E-state index in [0.29, 0.717) is 11.8 Å². The molecule has 0 aliphatic heterocycles. The third-order valence-corrected chi connectivity index (χ3v) is 3.09. The maximum Gasteiger partial charge on any atom is 0.0205 e. The molecule has 2 unspecified atom stereocenters. The van der Waals surface area contributed by atoms with Gasteiger partial charge >= 0.3 is 0 Å². The molecular weight excluding hydrogens is 156 g/mol. The highest BCUT2D eigenvalue weighted by Gasteiger charge is 2.30. The highest BCUT2D eigenvalue weighted by atomic mass is 14.3. The van der Waals surface area contributed by atoms with Gasteiger partial charge in [0, 0.05) is 12.3 Å². The highest BCUT2D eigenvalue weighted by Crippen LogP contribution is 2.42. The molecule has 0 heterocycles. The second kappa shape index (κ2) is 2.73. The summed E-state index contributed by atoms with van der Waals surface area (Å²) < 4.78 is 0.